The molecule has 0 N–H and O–H groups in total. The van der Waals surface area contributed by atoms with E-state index < -0.39 is 0 Å². The van der Waals surface area contributed by atoms with Gasteiger partial charge in [-0.2, -0.15) is 0 Å². The van der Waals surface area contributed by atoms with E-state index in [1.807, 2.05) is 12.1 Å². The number of furan rings is 1. The van der Waals surface area contributed by atoms with Crippen LogP contribution in [0.25, 0.3) is 22.2 Å². The molecule has 0 aliphatic heterocycles. The molecule has 138 valence electrons. The van der Waals surface area contributed by atoms with E-state index >= 15 is 0 Å². The zero-order chi connectivity index (χ0) is 18.8. The third-order valence-electron chi connectivity index (χ3n) is 4.03. The van der Waals surface area contributed by atoms with E-state index in [2.05, 4.69) is 74.2 Å². The van der Waals surface area contributed by atoms with Gasteiger partial charge in [-0.3, -0.25) is 4.57 Å². The molecule has 0 saturated carbocycles. The summed E-state index contributed by atoms with van der Waals surface area (Å²) in [6, 6.07) is 12.2. The van der Waals surface area contributed by atoms with Gasteiger partial charge in [-0.25, -0.2) is 4.98 Å². The molecular weight excluding hydrogens is 444 g/mol. The quantitative estimate of drug-likeness (QED) is 0.328. The van der Waals surface area contributed by atoms with E-state index in [9.17, 15) is 0 Å². The molecule has 0 fully saturated rings. The van der Waals surface area contributed by atoms with Crippen molar-refractivity contribution >= 4 is 39.0 Å². The molecule has 4 rings (SSSR count). The third-order valence-corrected chi connectivity index (χ3v) is 6.39. The van der Waals surface area contributed by atoms with Crippen LogP contribution in [-0.4, -0.2) is 19.7 Å². The molecule has 0 spiro atoms. The molecule has 0 aliphatic carbocycles. The van der Waals surface area contributed by atoms with Crippen LogP contribution in [0.2, 0.25) is 0 Å². The summed E-state index contributed by atoms with van der Waals surface area (Å²) >= 11 is 6.64. The minimum Gasteiger partial charge on any atom is -0.446 e. The monoisotopic (exact) mass is 460 g/mol. The summed E-state index contributed by atoms with van der Waals surface area (Å²) in [4.78, 5) is 4.76. The summed E-state index contributed by atoms with van der Waals surface area (Å²) in [5.74, 6) is 2.20. The van der Waals surface area contributed by atoms with Crippen LogP contribution in [0.1, 0.15) is 18.2 Å². The molecule has 0 radical (unpaired) electrons. The van der Waals surface area contributed by atoms with Gasteiger partial charge in [0.05, 0.1) is 5.69 Å². The predicted molar refractivity (Wildman–Crippen MR) is 113 cm³/mol. The van der Waals surface area contributed by atoms with Crippen molar-refractivity contribution < 1.29 is 4.42 Å². The van der Waals surface area contributed by atoms with Crippen LogP contribution in [0.15, 0.2) is 56.0 Å². The predicted octanol–water partition coefficient (Wildman–Crippen LogP) is 6.04. The number of benzene rings is 1. The van der Waals surface area contributed by atoms with Gasteiger partial charge >= 0.3 is 0 Å². The Balaban J connectivity index is 1.49. The maximum atomic E-state index is 5.62. The number of aryl methyl sites for hydroxylation is 1. The summed E-state index contributed by atoms with van der Waals surface area (Å²) in [5, 5.41) is 12.7. The van der Waals surface area contributed by atoms with Gasteiger partial charge in [-0.15, -0.1) is 21.5 Å². The topological polar surface area (TPSA) is 56.7 Å². The Kier molecular flexibility index (Phi) is 5.47. The van der Waals surface area contributed by atoms with Gasteiger partial charge in [0.15, 0.2) is 15.6 Å². The molecule has 0 atom stereocenters. The van der Waals surface area contributed by atoms with E-state index in [0.717, 1.165) is 39.5 Å². The van der Waals surface area contributed by atoms with Gasteiger partial charge in [0, 0.05) is 23.2 Å². The molecule has 0 aliphatic rings. The lowest BCUT2D eigenvalue weighted by atomic mass is 10.2. The fraction of sp³-hybridized carbons (Fsp3) is 0.211. The molecule has 4 aromatic rings. The molecule has 0 bridgehead atoms. The van der Waals surface area contributed by atoms with Gasteiger partial charge < -0.3 is 4.42 Å². The van der Waals surface area contributed by atoms with E-state index in [-0.39, 0.29) is 0 Å². The first kappa shape index (κ1) is 18.5. The van der Waals surface area contributed by atoms with Crippen LogP contribution in [0.4, 0.5) is 0 Å². The first-order valence-corrected chi connectivity index (χ1v) is 11.1. The first-order chi connectivity index (χ1) is 13.1. The number of thiazole rings is 1. The highest BCUT2D eigenvalue weighted by Gasteiger charge is 2.16. The Hall–Kier alpha value is -1.90. The summed E-state index contributed by atoms with van der Waals surface area (Å²) in [6.45, 7) is 4.94. The van der Waals surface area contributed by atoms with Crippen molar-refractivity contribution in [2.75, 3.05) is 0 Å². The van der Waals surface area contributed by atoms with E-state index in [0.29, 0.717) is 10.4 Å². The first-order valence-electron chi connectivity index (χ1n) is 8.47. The van der Waals surface area contributed by atoms with Crippen LogP contribution in [-0.2, 0) is 12.3 Å². The summed E-state index contributed by atoms with van der Waals surface area (Å²) in [7, 11) is 0. The van der Waals surface area contributed by atoms with Crippen molar-refractivity contribution in [3.63, 3.8) is 0 Å². The standard InChI is InChI=1S/C19H17BrN4OS2/c1-3-24-17(15-8-9-16(20)25-15)22-23-19(24)27-11-14-10-26-18(21-14)13-6-4-12(2)5-7-13/h4-10H,3,11H2,1-2H3. The zero-order valence-corrected chi connectivity index (χ0v) is 18.1. The Labute approximate surface area is 174 Å². The van der Waals surface area contributed by atoms with Gasteiger partial charge in [-0.1, -0.05) is 41.6 Å². The van der Waals surface area contributed by atoms with Crippen molar-refractivity contribution in [2.45, 2.75) is 31.3 Å². The third kappa shape index (κ3) is 4.02. The normalized spacial score (nSPS) is 11.2. The number of halogens is 1. The van der Waals surface area contributed by atoms with Gasteiger partial charge in [-0.05, 0) is 41.9 Å². The fourth-order valence-corrected chi connectivity index (χ4v) is 4.77. The lowest BCUT2D eigenvalue weighted by Gasteiger charge is -2.04. The minimum absolute atomic E-state index is 0.684. The molecule has 8 heteroatoms. The second-order valence-corrected chi connectivity index (χ2v) is 8.54. The van der Waals surface area contributed by atoms with Crippen LogP contribution < -0.4 is 0 Å². The summed E-state index contributed by atoms with van der Waals surface area (Å²) < 4.78 is 8.36. The second kappa shape index (κ2) is 8.00. The molecule has 0 saturated heterocycles. The maximum absolute atomic E-state index is 5.62. The Morgan fingerprint density at radius 3 is 2.67 bits per heavy atom. The molecule has 5 nitrogen and oxygen atoms in total. The fourth-order valence-electron chi connectivity index (χ4n) is 2.64. The minimum atomic E-state index is 0.684. The molecule has 1 aromatic carbocycles. The molecular formula is C19H17BrN4OS2. The SMILES string of the molecule is CCn1c(SCc2csc(-c3ccc(C)cc3)n2)nnc1-c1ccc(Br)o1. The van der Waals surface area contributed by atoms with E-state index in [1.165, 1.54) is 5.56 Å². The van der Waals surface area contributed by atoms with Crippen molar-refractivity contribution in [2.24, 2.45) is 0 Å². The van der Waals surface area contributed by atoms with Gasteiger partial charge in [0.1, 0.15) is 5.01 Å². The molecule has 3 heterocycles. The maximum Gasteiger partial charge on any atom is 0.200 e. The van der Waals surface area contributed by atoms with Crippen molar-refractivity contribution in [3.8, 4) is 22.2 Å². The van der Waals surface area contributed by atoms with Crippen LogP contribution in [0.5, 0.6) is 0 Å². The highest BCUT2D eigenvalue weighted by Crippen LogP contribution is 2.30. The van der Waals surface area contributed by atoms with E-state index in [4.69, 9.17) is 9.40 Å². The highest BCUT2D eigenvalue weighted by molar-refractivity contribution is 9.10. The summed E-state index contributed by atoms with van der Waals surface area (Å²) in [6.07, 6.45) is 0. The average molecular weight is 461 g/mol. The Morgan fingerprint density at radius 2 is 1.96 bits per heavy atom. The lowest BCUT2D eigenvalue weighted by Crippen LogP contribution is -1.99. The largest absolute Gasteiger partial charge is 0.446 e. The van der Waals surface area contributed by atoms with Crippen LogP contribution in [0.3, 0.4) is 0 Å². The molecule has 27 heavy (non-hydrogen) atoms. The van der Waals surface area contributed by atoms with Crippen LogP contribution >= 0.6 is 39.0 Å². The lowest BCUT2D eigenvalue weighted by molar-refractivity contribution is 0.543. The van der Waals surface area contributed by atoms with Gasteiger partial charge in [0.25, 0.3) is 0 Å². The number of hydrogen-bond donors (Lipinski definition) is 0. The Bertz CT molecular complexity index is 1050. The smallest absolute Gasteiger partial charge is 0.200 e. The van der Waals surface area contributed by atoms with E-state index in [1.54, 1.807) is 23.1 Å². The zero-order valence-electron chi connectivity index (χ0n) is 14.8. The second-order valence-electron chi connectivity index (χ2n) is 5.95. The number of hydrogen-bond acceptors (Lipinski definition) is 6. The summed E-state index contributed by atoms with van der Waals surface area (Å²) in [5.41, 5.74) is 3.46. The molecule has 3 aromatic heterocycles. The number of rotatable bonds is 6. The van der Waals surface area contributed by atoms with Crippen molar-refractivity contribution in [1.82, 2.24) is 19.7 Å². The highest BCUT2D eigenvalue weighted by atomic mass is 79.9. The number of thioether (sulfide) groups is 1. The number of aromatic nitrogens is 4. The number of nitrogens with zero attached hydrogens (tertiary/aromatic N) is 4. The average Bonchev–Trinajstić information content (AvgIpc) is 3.39. The Morgan fingerprint density at radius 1 is 1.15 bits per heavy atom. The van der Waals surface area contributed by atoms with Crippen molar-refractivity contribution in [1.29, 1.82) is 0 Å². The molecule has 0 amide bonds. The van der Waals surface area contributed by atoms with Crippen molar-refractivity contribution in [3.05, 3.63) is 57.7 Å². The van der Waals surface area contributed by atoms with Gasteiger partial charge in [0.2, 0.25) is 5.82 Å². The van der Waals surface area contributed by atoms with Crippen LogP contribution in [0, 0.1) is 6.92 Å². The molecule has 0 unspecified atom stereocenters.